The maximum atomic E-state index is 10.4. The highest BCUT2D eigenvalue weighted by atomic mass is 32.2. The normalized spacial score (nSPS) is 13.2. The Morgan fingerprint density at radius 2 is 1.26 bits per heavy atom. The van der Waals surface area contributed by atoms with Crippen LogP contribution in [0.2, 0.25) is 0 Å². The molecule has 108 valence electrons. The van der Waals surface area contributed by atoms with Gasteiger partial charge in [0.15, 0.2) is 0 Å². The Morgan fingerprint density at radius 1 is 0.842 bits per heavy atom. The average molecular weight is 284 g/mol. The van der Waals surface area contributed by atoms with Crippen LogP contribution in [0.25, 0.3) is 0 Å². The predicted octanol–water partition coefficient (Wildman–Crippen LogP) is 4.20. The van der Waals surface area contributed by atoms with Gasteiger partial charge in [-0.15, -0.1) is 11.8 Å². The number of aliphatic imine (C=N–C) groups is 2. The van der Waals surface area contributed by atoms with Crippen molar-refractivity contribution in [3.05, 3.63) is 0 Å². The van der Waals surface area contributed by atoms with Crippen molar-refractivity contribution in [2.24, 2.45) is 9.98 Å². The van der Waals surface area contributed by atoms with Gasteiger partial charge in [0.2, 0.25) is 12.2 Å². The van der Waals surface area contributed by atoms with Crippen LogP contribution >= 0.6 is 11.8 Å². The van der Waals surface area contributed by atoms with Gasteiger partial charge in [-0.3, -0.25) is 0 Å². The van der Waals surface area contributed by atoms with E-state index < -0.39 is 0 Å². The van der Waals surface area contributed by atoms with Crippen LogP contribution in [0.15, 0.2) is 9.98 Å². The predicted molar refractivity (Wildman–Crippen MR) is 79.7 cm³/mol. The Labute approximate surface area is 120 Å². The minimum atomic E-state index is -0.132. The number of unbranched alkanes of at least 4 members (excludes halogenated alkanes) is 4. The van der Waals surface area contributed by atoms with Crippen molar-refractivity contribution in [2.75, 3.05) is 0 Å². The quantitative estimate of drug-likeness (QED) is 0.306. The third-order valence-electron chi connectivity index (χ3n) is 2.82. The molecule has 5 heteroatoms. The van der Waals surface area contributed by atoms with E-state index in [0.29, 0.717) is 0 Å². The molecular formula is C14H24N2O2S. The van der Waals surface area contributed by atoms with Crippen LogP contribution in [0.3, 0.4) is 0 Å². The summed E-state index contributed by atoms with van der Waals surface area (Å²) in [5, 5.41) is -0.263. The second-order valence-electron chi connectivity index (χ2n) is 4.48. The third kappa shape index (κ3) is 10.7. The standard InChI is InChI=1S/C14H24N2O2S/c1-3-5-7-9-13(15-11-17)19-14(16-12-18)10-8-6-4-2/h13-14H,3-10H2,1-2H3. The number of rotatable bonds is 12. The molecule has 2 atom stereocenters. The first-order valence-electron chi connectivity index (χ1n) is 7.07. The van der Waals surface area contributed by atoms with E-state index >= 15 is 0 Å². The summed E-state index contributed by atoms with van der Waals surface area (Å²) in [5.74, 6) is 0. The first kappa shape index (κ1) is 18.1. The van der Waals surface area contributed by atoms with Crippen LogP contribution < -0.4 is 0 Å². The van der Waals surface area contributed by atoms with Gasteiger partial charge in [0, 0.05) is 0 Å². The van der Waals surface area contributed by atoms with Crippen molar-refractivity contribution in [1.29, 1.82) is 0 Å². The third-order valence-corrected chi connectivity index (χ3v) is 4.13. The van der Waals surface area contributed by atoms with Crippen LogP contribution in [0.5, 0.6) is 0 Å². The molecule has 0 rings (SSSR count). The molecule has 19 heavy (non-hydrogen) atoms. The molecule has 0 saturated heterocycles. The van der Waals surface area contributed by atoms with Gasteiger partial charge < -0.3 is 0 Å². The van der Waals surface area contributed by atoms with Gasteiger partial charge in [-0.05, 0) is 12.8 Å². The number of hydrogen-bond acceptors (Lipinski definition) is 5. The molecule has 4 nitrogen and oxygen atoms in total. The molecule has 0 saturated carbocycles. The minimum absolute atomic E-state index is 0.132. The van der Waals surface area contributed by atoms with Gasteiger partial charge in [-0.1, -0.05) is 52.4 Å². The highest BCUT2D eigenvalue weighted by molar-refractivity contribution is 8.00. The van der Waals surface area contributed by atoms with Gasteiger partial charge in [0.05, 0.1) is 0 Å². The first-order chi connectivity index (χ1) is 9.28. The van der Waals surface area contributed by atoms with E-state index in [2.05, 4.69) is 23.8 Å². The second-order valence-corrected chi connectivity index (χ2v) is 5.84. The fourth-order valence-corrected chi connectivity index (χ4v) is 2.94. The second kappa shape index (κ2) is 13.5. The highest BCUT2D eigenvalue weighted by Crippen LogP contribution is 2.27. The fourth-order valence-electron chi connectivity index (χ4n) is 1.76. The molecule has 0 N–H and O–H groups in total. The fraction of sp³-hybridized carbons (Fsp3) is 0.857. The topological polar surface area (TPSA) is 58.9 Å². The zero-order valence-electron chi connectivity index (χ0n) is 11.9. The lowest BCUT2D eigenvalue weighted by molar-refractivity contribution is 0.558. The van der Waals surface area contributed by atoms with E-state index in [1.54, 1.807) is 12.2 Å². The molecule has 0 fully saturated rings. The molecule has 0 amide bonds. The molecule has 0 radical (unpaired) electrons. The Kier molecular flexibility index (Phi) is 12.9. The zero-order chi connectivity index (χ0) is 14.3. The van der Waals surface area contributed by atoms with Crippen LogP contribution in [0.4, 0.5) is 0 Å². The average Bonchev–Trinajstić information content (AvgIpc) is 2.39. The SMILES string of the molecule is CCCCCC(N=C=O)SC(CCCCC)N=C=O. The summed E-state index contributed by atoms with van der Waals surface area (Å²) in [4.78, 5) is 28.5. The summed E-state index contributed by atoms with van der Waals surface area (Å²) in [6, 6.07) is 0. The number of thioether (sulfide) groups is 1. The molecule has 0 spiro atoms. The van der Waals surface area contributed by atoms with Gasteiger partial charge >= 0.3 is 0 Å². The van der Waals surface area contributed by atoms with Crippen molar-refractivity contribution in [3.8, 4) is 0 Å². The van der Waals surface area contributed by atoms with Gasteiger partial charge in [0.1, 0.15) is 10.7 Å². The molecule has 0 aromatic rings. The lowest BCUT2D eigenvalue weighted by Crippen LogP contribution is -2.08. The van der Waals surface area contributed by atoms with Crippen molar-refractivity contribution in [2.45, 2.75) is 76.0 Å². The van der Waals surface area contributed by atoms with Crippen molar-refractivity contribution >= 4 is 23.9 Å². The van der Waals surface area contributed by atoms with Crippen molar-refractivity contribution < 1.29 is 9.59 Å². The van der Waals surface area contributed by atoms with Gasteiger partial charge in [-0.25, -0.2) is 9.59 Å². The zero-order valence-corrected chi connectivity index (χ0v) is 12.7. The minimum Gasteiger partial charge on any atom is -0.211 e. The van der Waals surface area contributed by atoms with Gasteiger partial charge in [-0.2, -0.15) is 9.98 Å². The molecule has 0 aromatic carbocycles. The maximum Gasteiger partial charge on any atom is 0.236 e. The molecular weight excluding hydrogens is 260 g/mol. The molecule has 0 aliphatic heterocycles. The Hall–Kier alpha value is -0.890. The van der Waals surface area contributed by atoms with E-state index in [4.69, 9.17) is 0 Å². The van der Waals surface area contributed by atoms with Crippen LogP contribution in [-0.4, -0.2) is 22.9 Å². The molecule has 0 aromatic heterocycles. The summed E-state index contributed by atoms with van der Waals surface area (Å²) >= 11 is 1.48. The summed E-state index contributed by atoms with van der Waals surface area (Å²) in [6.07, 6.45) is 11.5. The van der Waals surface area contributed by atoms with Crippen LogP contribution in [0.1, 0.15) is 65.2 Å². The van der Waals surface area contributed by atoms with Crippen LogP contribution in [-0.2, 0) is 9.59 Å². The Morgan fingerprint density at radius 3 is 1.58 bits per heavy atom. The molecule has 0 bridgehead atoms. The number of hydrogen-bond donors (Lipinski definition) is 0. The summed E-state index contributed by atoms with van der Waals surface area (Å²) in [7, 11) is 0. The molecule has 2 unspecified atom stereocenters. The van der Waals surface area contributed by atoms with E-state index in [9.17, 15) is 9.59 Å². The molecule has 0 aliphatic rings. The van der Waals surface area contributed by atoms with Crippen molar-refractivity contribution in [1.82, 2.24) is 0 Å². The number of carbonyl (C=O) groups excluding carboxylic acids is 2. The summed E-state index contributed by atoms with van der Waals surface area (Å²) in [5.41, 5.74) is 0. The summed E-state index contributed by atoms with van der Waals surface area (Å²) < 4.78 is 0. The van der Waals surface area contributed by atoms with E-state index in [1.165, 1.54) is 11.8 Å². The highest BCUT2D eigenvalue weighted by Gasteiger charge is 2.15. The monoisotopic (exact) mass is 284 g/mol. The Balaban J connectivity index is 4.29. The van der Waals surface area contributed by atoms with E-state index in [0.717, 1.165) is 51.4 Å². The molecule has 0 heterocycles. The lowest BCUT2D eigenvalue weighted by Gasteiger charge is -2.15. The van der Waals surface area contributed by atoms with E-state index in [1.807, 2.05) is 0 Å². The van der Waals surface area contributed by atoms with Gasteiger partial charge in [0.25, 0.3) is 0 Å². The largest absolute Gasteiger partial charge is 0.236 e. The lowest BCUT2D eigenvalue weighted by atomic mass is 10.2. The van der Waals surface area contributed by atoms with Crippen molar-refractivity contribution in [3.63, 3.8) is 0 Å². The number of nitrogens with zero attached hydrogens (tertiary/aromatic N) is 2. The number of isocyanates is 2. The van der Waals surface area contributed by atoms with Crippen LogP contribution in [0, 0.1) is 0 Å². The first-order valence-corrected chi connectivity index (χ1v) is 8.02. The molecule has 0 aliphatic carbocycles. The Bertz CT molecular complexity index is 281. The maximum absolute atomic E-state index is 10.4. The summed E-state index contributed by atoms with van der Waals surface area (Å²) in [6.45, 7) is 4.27. The smallest absolute Gasteiger partial charge is 0.211 e. The van der Waals surface area contributed by atoms with E-state index in [-0.39, 0.29) is 10.7 Å².